The Morgan fingerprint density at radius 3 is 2.85 bits per heavy atom. The first-order chi connectivity index (χ1) is 9.54. The third-order valence-electron chi connectivity index (χ3n) is 3.98. The first-order valence-electron chi connectivity index (χ1n) is 6.56. The van der Waals surface area contributed by atoms with Crippen molar-refractivity contribution in [1.29, 1.82) is 0 Å². The minimum Gasteiger partial charge on any atom is -0.481 e. The highest BCUT2D eigenvalue weighted by Gasteiger charge is 2.44. The molecule has 0 aromatic carbocycles. The smallest absolute Gasteiger partial charge is 0.341 e. The number of carbonyl (C=O) groups is 2. The van der Waals surface area contributed by atoms with E-state index in [2.05, 4.69) is 4.98 Å². The molecule has 1 aromatic rings. The number of methoxy groups -OCH3 is 1. The number of pyridine rings is 1. The van der Waals surface area contributed by atoms with Crippen LogP contribution in [-0.2, 0) is 9.53 Å². The lowest BCUT2D eigenvalue weighted by Crippen LogP contribution is -2.34. The van der Waals surface area contributed by atoms with Gasteiger partial charge >= 0.3 is 11.9 Å². The maximum Gasteiger partial charge on any atom is 0.341 e. The van der Waals surface area contributed by atoms with Gasteiger partial charge in [-0.1, -0.05) is 6.92 Å². The van der Waals surface area contributed by atoms with Gasteiger partial charge in [0.1, 0.15) is 11.4 Å². The monoisotopic (exact) mass is 278 g/mol. The highest BCUT2D eigenvalue weighted by molar-refractivity contribution is 5.95. The SMILES string of the molecule is CCC1(C(=O)O)CCN(c2ncccc2C(=O)OC)C1. The Labute approximate surface area is 117 Å². The second kappa shape index (κ2) is 5.48. The first kappa shape index (κ1) is 14.3. The zero-order valence-corrected chi connectivity index (χ0v) is 11.6. The number of esters is 1. The Bertz CT molecular complexity index is 532. The number of hydrogen-bond donors (Lipinski definition) is 1. The number of anilines is 1. The van der Waals surface area contributed by atoms with Gasteiger partial charge in [0.2, 0.25) is 0 Å². The standard InChI is InChI=1S/C14H18N2O4/c1-3-14(13(18)19)6-8-16(9-14)11-10(12(17)20-2)5-4-7-15-11/h4-5,7H,3,6,8-9H2,1-2H3,(H,18,19). The number of carboxylic acids is 1. The Kier molecular flexibility index (Phi) is 3.92. The molecule has 1 aromatic heterocycles. The number of aliphatic carboxylic acids is 1. The van der Waals surface area contributed by atoms with Crippen LogP contribution in [0.4, 0.5) is 5.82 Å². The van der Waals surface area contributed by atoms with E-state index in [9.17, 15) is 14.7 Å². The van der Waals surface area contributed by atoms with E-state index in [-0.39, 0.29) is 0 Å². The van der Waals surface area contributed by atoms with Gasteiger partial charge in [0.15, 0.2) is 0 Å². The van der Waals surface area contributed by atoms with Crippen molar-refractivity contribution in [1.82, 2.24) is 4.98 Å². The van der Waals surface area contributed by atoms with Gasteiger partial charge in [-0.2, -0.15) is 0 Å². The number of ether oxygens (including phenoxy) is 1. The topological polar surface area (TPSA) is 79.7 Å². The molecule has 2 heterocycles. The number of carboxylic acid groups (broad SMARTS) is 1. The molecule has 1 unspecified atom stereocenters. The number of carbonyl (C=O) groups excluding carboxylic acids is 1. The van der Waals surface area contributed by atoms with Crippen LogP contribution in [0.2, 0.25) is 0 Å². The largest absolute Gasteiger partial charge is 0.481 e. The quantitative estimate of drug-likeness (QED) is 0.842. The van der Waals surface area contributed by atoms with E-state index in [1.807, 2.05) is 11.8 Å². The van der Waals surface area contributed by atoms with E-state index >= 15 is 0 Å². The fraction of sp³-hybridized carbons (Fsp3) is 0.500. The van der Waals surface area contributed by atoms with Crippen LogP contribution in [-0.4, -0.2) is 42.2 Å². The second-order valence-corrected chi connectivity index (χ2v) is 4.98. The van der Waals surface area contributed by atoms with Gasteiger partial charge in [0.25, 0.3) is 0 Å². The van der Waals surface area contributed by atoms with Crippen LogP contribution in [0.15, 0.2) is 18.3 Å². The molecular weight excluding hydrogens is 260 g/mol. The van der Waals surface area contributed by atoms with Crippen molar-refractivity contribution in [3.63, 3.8) is 0 Å². The molecule has 1 atom stereocenters. The zero-order chi connectivity index (χ0) is 14.8. The average molecular weight is 278 g/mol. The minimum absolute atomic E-state index is 0.361. The summed E-state index contributed by atoms with van der Waals surface area (Å²) >= 11 is 0. The number of aromatic nitrogens is 1. The fourth-order valence-electron chi connectivity index (χ4n) is 2.59. The summed E-state index contributed by atoms with van der Waals surface area (Å²) < 4.78 is 4.74. The van der Waals surface area contributed by atoms with Crippen molar-refractivity contribution in [3.05, 3.63) is 23.9 Å². The molecule has 20 heavy (non-hydrogen) atoms. The average Bonchev–Trinajstić information content (AvgIpc) is 2.92. The summed E-state index contributed by atoms with van der Waals surface area (Å²) in [4.78, 5) is 29.3. The molecule has 0 saturated carbocycles. The maximum atomic E-state index is 11.8. The van der Waals surface area contributed by atoms with Crippen LogP contribution in [0, 0.1) is 5.41 Å². The zero-order valence-electron chi connectivity index (χ0n) is 11.6. The van der Waals surface area contributed by atoms with Crippen LogP contribution in [0.1, 0.15) is 30.1 Å². The van der Waals surface area contributed by atoms with E-state index in [0.717, 1.165) is 0 Å². The molecule has 0 spiro atoms. The Morgan fingerprint density at radius 2 is 2.30 bits per heavy atom. The summed E-state index contributed by atoms with van der Waals surface area (Å²) in [7, 11) is 1.32. The lowest BCUT2D eigenvalue weighted by Gasteiger charge is -2.24. The second-order valence-electron chi connectivity index (χ2n) is 4.98. The van der Waals surface area contributed by atoms with Crippen molar-refractivity contribution in [2.75, 3.05) is 25.1 Å². The highest BCUT2D eigenvalue weighted by Crippen LogP contribution is 2.37. The molecule has 0 bridgehead atoms. The predicted molar refractivity (Wildman–Crippen MR) is 72.8 cm³/mol. The highest BCUT2D eigenvalue weighted by atomic mass is 16.5. The van der Waals surface area contributed by atoms with Gasteiger partial charge in [0, 0.05) is 19.3 Å². The molecule has 0 amide bonds. The molecule has 1 saturated heterocycles. The molecule has 0 aliphatic carbocycles. The molecule has 108 valence electrons. The summed E-state index contributed by atoms with van der Waals surface area (Å²) in [6.07, 6.45) is 2.70. The molecule has 1 fully saturated rings. The van der Waals surface area contributed by atoms with E-state index < -0.39 is 17.4 Å². The van der Waals surface area contributed by atoms with Gasteiger partial charge < -0.3 is 14.7 Å². The summed E-state index contributed by atoms with van der Waals surface area (Å²) in [5.74, 6) is -0.758. The van der Waals surface area contributed by atoms with Gasteiger partial charge in [-0.05, 0) is 25.0 Å². The third kappa shape index (κ3) is 2.33. The maximum absolute atomic E-state index is 11.8. The Hall–Kier alpha value is -2.11. The number of rotatable bonds is 4. The molecule has 0 radical (unpaired) electrons. The van der Waals surface area contributed by atoms with Gasteiger partial charge in [0.05, 0.1) is 12.5 Å². The minimum atomic E-state index is -0.793. The molecule has 2 rings (SSSR count). The fourth-order valence-corrected chi connectivity index (χ4v) is 2.59. The van der Waals surface area contributed by atoms with Crippen LogP contribution in [0.5, 0.6) is 0 Å². The number of hydrogen-bond acceptors (Lipinski definition) is 5. The van der Waals surface area contributed by atoms with Crippen molar-refractivity contribution < 1.29 is 19.4 Å². The summed E-state index contributed by atoms with van der Waals surface area (Å²) in [5, 5.41) is 9.41. The van der Waals surface area contributed by atoms with Crippen LogP contribution in [0.25, 0.3) is 0 Å². The Balaban J connectivity index is 2.31. The summed E-state index contributed by atoms with van der Waals surface area (Å²) in [5.41, 5.74) is -0.391. The van der Waals surface area contributed by atoms with E-state index in [4.69, 9.17) is 4.74 Å². The van der Waals surface area contributed by atoms with Crippen molar-refractivity contribution in [3.8, 4) is 0 Å². The first-order valence-corrected chi connectivity index (χ1v) is 6.56. The molecule has 1 aliphatic rings. The predicted octanol–water partition coefficient (Wildman–Crippen LogP) is 1.56. The van der Waals surface area contributed by atoms with E-state index in [1.54, 1.807) is 18.3 Å². The summed E-state index contributed by atoms with van der Waals surface area (Å²) in [6, 6.07) is 3.30. The summed E-state index contributed by atoms with van der Waals surface area (Å²) in [6.45, 7) is 2.80. The molecule has 1 N–H and O–H groups in total. The lowest BCUT2D eigenvalue weighted by atomic mass is 9.84. The number of nitrogens with zero attached hydrogens (tertiary/aromatic N) is 2. The van der Waals surface area contributed by atoms with Crippen LogP contribution < -0.4 is 4.90 Å². The van der Waals surface area contributed by atoms with Gasteiger partial charge in [-0.15, -0.1) is 0 Å². The molecular formula is C14H18N2O4. The Morgan fingerprint density at radius 1 is 1.55 bits per heavy atom. The van der Waals surface area contributed by atoms with Crippen molar-refractivity contribution in [2.24, 2.45) is 5.41 Å². The van der Waals surface area contributed by atoms with Crippen molar-refractivity contribution >= 4 is 17.8 Å². The molecule has 6 nitrogen and oxygen atoms in total. The molecule has 1 aliphatic heterocycles. The van der Waals surface area contributed by atoms with E-state index in [0.29, 0.717) is 37.3 Å². The van der Waals surface area contributed by atoms with Crippen molar-refractivity contribution in [2.45, 2.75) is 19.8 Å². The van der Waals surface area contributed by atoms with Crippen LogP contribution in [0.3, 0.4) is 0 Å². The van der Waals surface area contributed by atoms with E-state index in [1.165, 1.54) is 7.11 Å². The lowest BCUT2D eigenvalue weighted by molar-refractivity contribution is -0.147. The van der Waals surface area contributed by atoms with Gasteiger partial charge in [-0.25, -0.2) is 9.78 Å². The third-order valence-corrected chi connectivity index (χ3v) is 3.98. The normalized spacial score (nSPS) is 21.8. The van der Waals surface area contributed by atoms with Gasteiger partial charge in [-0.3, -0.25) is 4.79 Å². The van der Waals surface area contributed by atoms with Crippen LogP contribution >= 0.6 is 0 Å². The molecule has 6 heteroatoms.